The molecule has 0 aliphatic carbocycles. The minimum absolute atomic E-state index is 0.117. The maximum Gasteiger partial charge on any atom is 0.407 e. The first-order valence-electron chi connectivity index (χ1n) is 8.62. The number of hydrogen-bond donors (Lipinski definition) is 3. The van der Waals surface area contributed by atoms with E-state index < -0.39 is 12.1 Å². The van der Waals surface area contributed by atoms with Gasteiger partial charge in [0.15, 0.2) is 0 Å². The van der Waals surface area contributed by atoms with Gasteiger partial charge >= 0.3 is 12.1 Å². The number of anilines is 1. The molecule has 0 bridgehead atoms. The van der Waals surface area contributed by atoms with Crippen LogP contribution in [0.15, 0.2) is 54.6 Å². The predicted octanol–water partition coefficient (Wildman–Crippen LogP) is 3.42. The standard InChI is InChI=1S/C20H22N2O5/c23-18(22-17-10-6-9-16(13-17)19(24)25)11-4-5-12-21-20(26)27-14-15-7-2-1-3-8-15/h1-3,6-10,13H,4-5,11-12,14H2,(H,21,26)(H,22,23)(H,24,25). The molecule has 0 radical (unpaired) electrons. The third-order valence-electron chi connectivity index (χ3n) is 3.71. The number of carbonyl (C=O) groups is 3. The van der Waals surface area contributed by atoms with Crippen LogP contribution in [0.1, 0.15) is 35.2 Å². The van der Waals surface area contributed by atoms with Crippen LogP contribution < -0.4 is 10.6 Å². The second kappa shape index (κ2) is 10.6. The molecule has 2 aromatic rings. The number of alkyl carbamates (subject to hydrolysis) is 1. The summed E-state index contributed by atoms with van der Waals surface area (Å²) in [5.74, 6) is -1.25. The first-order chi connectivity index (χ1) is 13.0. The third kappa shape index (κ3) is 7.60. The van der Waals surface area contributed by atoms with Crippen LogP contribution in [0.25, 0.3) is 0 Å². The molecule has 0 spiro atoms. The lowest BCUT2D eigenvalue weighted by molar-refractivity contribution is -0.116. The second-order valence-electron chi connectivity index (χ2n) is 5.88. The molecule has 7 nitrogen and oxygen atoms in total. The monoisotopic (exact) mass is 370 g/mol. The Labute approximate surface area is 157 Å². The van der Waals surface area contributed by atoms with Gasteiger partial charge in [-0.15, -0.1) is 0 Å². The SMILES string of the molecule is O=C(CCCCNC(=O)OCc1ccccc1)Nc1cccc(C(=O)O)c1. The van der Waals surface area contributed by atoms with E-state index in [1.807, 2.05) is 30.3 Å². The number of amides is 2. The Hall–Kier alpha value is -3.35. The van der Waals surface area contributed by atoms with Gasteiger partial charge < -0.3 is 20.5 Å². The molecule has 27 heavy (non-hydrogen) atoms. The number of ether oxygens (including phenoxy) is 1. The Balaban J connectivity index is 1.58. The normalized spacial score (nSPS) is 10.1. The molecule has 0 aliphatic rings. The van der Waals surface area contributed by atoms with Crippen LogP contribution in [0.4, 0.5) is 10.5 Å². The molecule has 0 aromatic heterocycles. The summed E-state index contributed by atoms with van der Waals surface area (Å²) in [6.07, 6.45) is 0.999. The van der Waals surface area contributed by atoms with Gasteiger partial charge in [-0.2, -0.15) is 0 Å². The van der Waals surface area contributed by atoms with Crippen molar-refractivity contribution in [3.05, 3.63) is 65.7 Å². The minimum atomic E-state index is -1.05. The number of carboxylic acids is 1. The molecule has 2 amide bonds. The Morgan fingerprint density at radius 1 is 0.963 bits per heavy atom. The molecule has 0 fully saturated rings. The first kappa shape index (κ1) is 20.0. The smallest absolute Gasteiger partial charge is 0.407 e. The predicted molar refractivity (Wildman–Crippen MR) is 101 cm³/mol. The van der Waals surface area contributed by atoms with Gasteiger partial charge in [-0.3, -0.25) is 4.79 Å². The summed E-state index contributed by atoms with van der Waals surface area (Å²) in [7, 11) is 0. The van der Waals surface area contributed by atoms with Gasteiger partial charge in [0.1, 0.15) is 6.61 Å². The van der Waals surface area contributed by atoms with E-state index in [-0.39, 0.29) is 24.5 Å². The second-order valence-corrected chi connectivity index (χ2v) is 5.88. The van der Waals surface area contributed by atoms with Crippen molar-refractivity contribution >= 4 is 23.7 Å². The van der Waals surface area contributed by atoms with Gasteiger partial charge in [-0.25, -0.2) is 9.59 Å². The van der Waals surface area contributed by atoms with Gasteiger partial charge in [-0.1, -0.05) is 36.4 Å². The number of carbonyl (C=O) groups excluding carboxylic acids is 2. The number of rotatable bonds is 9. The molecule has 0 aliphatic heterocycles. The van der Waals surface area contributed by atoms with E-state index in [0.717, 1.165) is 5.56 Å². The highest BCUT2D eigenvalue weighted by molar-refractivity contribution is 5.93. The number of nitrogens with one attached hydrogen (secondary N) is 2. The van der Waals surface area contributed by atoms with Gasteiger partial charge in [0.2, 0.25) is 5.91 Å². The van der Waals surface area contributed by atoms with E-state index in [1.54, 1.807) is 12.1 Å². The van der Waals surface area contributed by atoms with Crippen LogP contribution >= 0.6 is 0 Å². The van der Waals surface area contributed by atoms with Crippen LogP contribution in [0.2, 0.25) is 0 Å². The lowest BCUT2D eigenvalue weighted by Crippen LogP contribution is -2.25. The molecular weight excluding hydrogens is 348 g/mol. The molecule has 2 rings (SSSR count). The van der Waals surface area contributed by atoms with Crippen molar-refractivity contribution in [3.8, 4) is 0 Å². The maximum absolute atomic E-state index is 11.9. The molecular formula is C20H22N2O5. The highest BCUT2D eigenvalue weighted by Crippen LogP contribution is 2.11. The van der Waals surface area contributed by atoms with Crippen molar-refractivity contribution in [1.29, 1.82) is 0 Å². The summed E-state index contributed by atoms with van der Waals surface area (Å²) in [5.41, 5.74) is 1.48. The van der Waals surface area contributed by atoms with Crippen molar-refractivity contribution in [2.24, 2.45) is 0 Å². The van der Waals surface area contributed by atoms with Crippen molar-refractivity contribution in [2.75, 3.05) is 11.9 Å². The summed E-state index contributed by atoms with van der Waals surface area (Å²) in [5, 5.41) is 14.2. The largest absolute Gasteiger partial charge is 0.478 e. The van der Waals surface area contributed by atoms with E-state index in [9.17, 15) is 14.4 Å². The molecule has 3 N–H and O–H groups in total. The quantitative estimate of drug-likeness (QED) is 0.587. The average Bonchev–Trinajstić information content (AvgIpc) is 2.67. The van der Waals surface area contributed by atoms with E-state index >= 15 is 0 Å². The Kier molecular flexibility index (Phi) is 7.84. The number of benzene rings is 2. The zero-order valence-corrected chi connectivity index (χ0v) is 14.8. The Morgan fingerprint density at radius 2 is 1.74 bits per heavy atom. The number of unbranched alkanes of at least 4 members (excludes halogenated alkanes) is 1. The number of carboxylic acid groups (broad SMARTS) is 1. The van der Waals surface area contributed by atoms with Gasteiger partial charge in [0.25, 0.3) is 0 Å². The van der Waals surface area contributed by atoms with Crippen molar-refractivity contribution in [3.63, 3.8) is 0 Å². The molecule has 0 unspecified atom stereocenters. The summed E-state index contributed by atoms with van der Waals surface area (Å²) in [6.45, 7) is 0.625. The van der Waals surface area contributed by atoms with Crippen LogP contribution in [0.5, 0.6) is 0 Å². The number of aromatic carboxylic acids is 1. The fourth-order valence-corrected chi connectivity index (χ4v) is 2.33. The van der Waals surface area contributed by atoms with E-state index in [4.69, 9.17) is 9.84 Å². The molecule has 0 saturated heterocycles. The fraction of sp³-hybridized carbons (Fsp3) is 0.250. The topological polar surface area (TPSA) is 105 Å². The summed E-state index contributed by atoms with van der Waals surface area (Å²) in [6, 6.07) is 15.5. The lowest BCUT2D eigenvalue weighted by Gasteiger charge is -2.08. The van der Waals surface area contributed by atoms with Gasteiger partial charge in [0.05, 0.1) is 5.56 Å². The summed E-state index contributed by atoms with van der Waals surface area (Å²) in [4.78, 5) is 34.4. The van der Waals surface area contributed by atoms with Crippen molar-refractivity contribution in [1.82, 2.24) is 5.32 Å². The Bertz CT molecular complexity index is 777. The van der Waals surface area contributed by atoms with Crippen LogP contribution in [-0.2, 0) is 16.1 Å². The molecule has 0 saturated carbocycles. The summed E-state index contributed by atoms with van der Waals surface area (Å²) >= 11 is 0. The minimum Gasteiger partial charge on any atom is -0.478 e. The van der Waals surface area contributed by atoms with Crippen LogP contribution in [-0.4, -0.2) is 29.6 Å². The lowest BCUT2D eigenvalue weighted by atomic mass is 10.2. The van der Waals surface area contributed by atoms with E-state index in [1.165, 1.54) is 12.1 Å². The molecule has 7 heteroatoms. The first-order valence-corrected chi connectivity index (χ1v) is 8.62. The molecule has 0 heterocycles. The van der Waals surface area contributed by atoms with E-state index in [2.05, 4.69) is 10.6 Å². The van der Waals surface area contributed by atoms with Crippen LogP contribution in [0.3, 0.4) is 0 Å². The molecule has 2 aromatic carbocycles. The number of hydrogen-bond acceptors (Lipinski definition) is 4. The van der Waals surface area contributed by atoms with Gasteiger partial charge in [0, 0.05) is 18.7 Å². The third-order valence-corrected chi connectivity index (χ3v) is 3.71. The molecule has 0 atom stereocenters. The molecule has 142 valence electrons. The fourth-order valence-electron chi connectivity index (χ4n) is 2.33. The van der Waals surface area contributed by atoms with Crippen molar-refractivity contribution < 1.29 is 24.2 Å². The Morgan fingerprint density at radius 3 is 2.48 bits per heavy atom. The zero-order valence-electron chi connectivity index (χ0n) is 14.8. The average molecular weight is 370 g/mol. The van der Waals surface area contributed by atoms with Crippen molar-refractivity contribution in [2.45, 2.75) is 25.9 Å². The van der Waals surface area contributed by atoms with Crippen LogP contribution in [0, 0.1) is 0 Å². The summed E-state index contributed by atoms with van der Waals surface area (Å²) < 4.78 is 5.09. The maximum atomic E-state index is 11.9. The highest BCUT2D eigenvalue weighted by atomic mass is 16.5. The van der Waals surface area contributed by atoms with E-state index in [0.29, 0.717) is 25.1 Å². The van der Waals surface area contributed by atoms with Gasteiger partial charge in [-0.05, 0) is 36.6 Å². The highest BCUT2D eigenvalue weighted by Gasteiger charge is 2.07. The zero-order chi connectivity index (χ0) is 19.5.